The molecule has 11 heavy (non-hydrogen) atoms. The summed E-state index contributed by atoms with van der Waals surface area (Å²) in [6.45, 7) is 6.78. The van der Waals surface area contributed by atoms with Crippen molar-refractivity contribution in [3.8, 4) is 0 Å². The van der Waals surface area contributed by atoms with Crippen molar-refractivity contribution >= 4 is 0 Å². The lowest BCUT2D eigenvalue weighted by molar-refractivity contribution is -0.112. The first kappa shape index (κ1) is 9.01. The lowest BCUT2D eigenvalue weighted by Gasteiger charge is -2.28. The molecule has 1 aliphatic rings. The molecule has 0 bridgehead atoms. The lowest BCUT2D eigenvalue weighted by Crippen LogP contribution is -2.34. The predicted octanol–water partition coefficient (Wildman–Crippen LogP) is 1.84. The molecule has 1 heterocycles. The summed E-state index contributed by atoms with van der Waals surface area (Å²) < 4.78 is 10.9. The van der Waals surface area contributed by atoms with Crippen LogP contribution in [0.4, 0.5) is 0 Å². The van der Waals surface area contributed by atoms with Gasteiger partial charge in [-0.15, -0.1) is 0 Å². The number of ether oxygens (including phenoxy) is 2. The topological polar surface area (TPSA) is 18.5 Å². The molecule has 0 amide bonds. The minimum absolute atomic E-state index is 0.360. The Morgan fingerprint density at radius 2 is 2.00 bits per heavy atom. The molecule has 66 valence electrons. The van der Waals surface area contributed by atoms with Crippen molar-refractivity contribution in [2.24, 2.45) is 5.92 Å². The summed E-state index contributed by atoms with van der Waals surface area (Å²) in [4.78, 5) is 0. The fraction of sp³-hybridized carbons (Fsp3) is 1.00. The number of rotatable bonds is 3. The van der Waals surface area contributed by atoms with E-state index in [0.717, 1.165) is 19.8 Å². The highest BCUT2D eigenvalue weighted by Gasteiger charge is 2.21. The fourth-order valence-corrected chi connectivity index (χ4v) is 1.59. The smallest absolute Gasteiger partial charge is 0.0837 e. The van der Waals surface area contributed by atoms with Gasteiger partial charge < -0.3 is 9.47 Å². The van der Waals surface area contributed by atoms with Crippen LogP contribution in [-0.2, 0) is 9.47 Å². The molecule has 0 spiro atoms. The monoisotopic (exact) mass is 158 g/mol. The first-order valence-corrected chi connectivity index (χ1v) is 4.57. The second-order valence-electron chi connectivity index (χ2n) is 3.06. The van der Waals surface area contributed by atoms with E-state index in [0.29, 0.717) is 12.0 Å². The summed E-state index contributed by atoms with van der Waals surface area (Å²) >= 11 is 0. The normalized spacial score (nSPS) is 25.9. The predicted molar refractivity (Wildman–Crippen MR) is 44.6 cm³/mol. The van der Waals surface area contributed by atoms with Crippen molar-refractivity contribution in [3.05, 3.63) is 0 Å². The van der Waals surface area contributed by atoms with E-state index in [1.165, 1.54) is 12.8 Å². The van der Waals surface area contributed by atoms with Crippen LogP contribution >= 0.6 is 0 Å². The van der Waals surface area contributed by atoms with E-state index in [1.54, 1.807) is 0 Å². The van der Waals surface area contributed by atoms with E-state index in [1.807, 2.05) is 0 Å². The summed E-state index contributed by atoms with van der Waals surface area (Å²) in [6.07, 6.45) is 2.76. The van der Waals surface area contributed by atoms with Gasteiger partial charge in [0.25, 0.3) is 0 Å². The highest BCUT2D eigenvalue weighted by atomic mass is 16.6. The van der Waals surface area contributed by atoms with Crippen LogP contribution in [0.2, 0.25) is 0 Å². The maximum atomic E-state index is 5.60. The van der Waals surface area contributed by atoms with Crippen molar-refractivity contribution in [2.45, 2.75) is 32.8 Å². The molecule has 1 aliphatic heterocycles. The Hall–Kier alpha value is -0.0800. The Morgan fingerprint density at radius 1 is 1.27 bits per heavy atom. The van der Waals surface area contributed by atoms with Gasteiger partial charge >= 0.3 is 0 Å². The molecule has 2 heteroatoms. The van der Waals surface area contributed by atoms with E-state index in [4.69, 9.17) is 9.47 Å². The van der Waals surface area contributed by atoms with Crippen molar-refractivity contribution in [3.63, 3.8) is 0 Å². The van der Waals surface area contributed by atoms with E-state index >= 15 is 0 Å². The van der Waals surface area contributed by atoms with E-state index in [-0.39, 0.29) is 0 Å². The van der Waals surface area contributed by atoms with Gasteiger partial charge in [0.15, 0.2) is 0 Å². The Kier molecular flexibility index (Phi) is 3.87. The van der Waals surface area contributed by atoms with Crippen molar-refractivity contribution in [1.82, 2.24) is 0 Å². The fourth-order valence-electron chi connectivity index (χ4n) is 1.59. The lowest BCUT2D eigenvalue weighted by atomic mass is 9.97. The third-order valence-corrected chi connectivity index (χ3v) is 2.42. The molecule has 2 nitrogen and oxygen atoms in total. The molecule has 0 aromatic rings. The van der Waals surface area contributed by atoms with Crippen LogP contribution in [0.15, 0.2) is 0 Å². The van der Waals surface area contributed by atoms with Crippen molar-refractivity contribution in [2.75, 3.05) is 19.8 Å². The number of hydrogen-bond donors (Lipinski definition) is 0. The van der Waals surface area contributed by atoms with Crippen LogP contribution in [-0.4, -0.2) is 25.9 Å². The Balaban J connectivity index is 2.30. The quantitative estimate of drug-likeness (QED) is 0.624. The molecule has 0 radical (unpaired) electrons. The van der Waals surface area contributed by atoms with E-state index < -0.39 is 0 Å². The summed E-state index contributed by atoms with van der Waals surface area (Å²) in [5.74, 6) is 0.690. The summed E-state index contributed by atoms with van der Waals surface area (Å²) in [6, 6.07) is 0. The van der Waals surface area contributed by atoms with Gasteiger partial charge in [-0.1, -0.05) is 26.7 Å². The Morgan fingerprint density at radius 3 is 2.45 bits per heavy atom. The van der Waals surface area contributed by atoms with Gasteiger partial charge in [0, 0.05) is 0 Å². The van der Waals surface area contributed by atoms with E-state index in [9.17, 15) is 0 Å². The largest absolute Gasteiger partial charge is 0.376 e. The van der Waals surface area contributed by atoms with Crippen molar-refractivity contribution < 1.29 is 9.47 Å². The molecule has 1 fully saturated rings. The van der Waals surface area contributed by atoms with Crippen LogP contribution in [0.3, 0.4) is 0 Å². The molecule has 0 aromatic carbocycles. The van der Waals surface area contributed by atoms with Gasteiger partial charge in [0.05, 0.1) is 25.9 Å². The molecule has 0 aromatic heterocycles. The van der Waals surface area contributed by atoms with Crippen LogP contribution in [0, 0.1) is 5.92 Å². The molecular weight excluding hydrogens is 140 g/mol. The molecule has 0 aliphatic carbocycles. The Bertz CT molecular complexity index is 93.7. The zero-order valence-electron chi connectivity index (χ0n) is 7.51. The van der Waals surface area contributed by atoms with Gasteiger partial charge in [0.1, 0.15) is 0 Å². The van der Waals surface area contributed by atoms with Crippen LogP contribution in [0.1, 0.15) is 26.7 Å². The minimum Gasteiger partial charge on any atom is -0.376 e. The zero-order chi connectivity index (χ0) is 8.10. The number of hydrogen-bond acceptors (Lipinski definition) is 2. The molecule has 1 saturated heterocycles. The molecular formula is C9H18O2. The SMILES string of the molecule is CCC(CC)C1COCCO1. The average molecular weight is 158 g/mol. The highest BCUT2D eigenvalue weighted by Crippen LogP contribution is 2.18. The standard InChI is InChI=1S/C9H18O2/c1-3-8(4-2)9-7-10-5-6-11-9/h8-9H,3-7H2,1-2H3. The first-order chi connectivity index (χ1) is 5.38. The van der Waals surface area contributed by atoms with Crippen LogP contribution in [0.25, 0.3) is 0 Å². The van der Waals surface area contributed by atoms with E-state index in [2.05, 4.69) is 13.8 Å². The second-order valence-corrected chi connectivity index (χ2v) is 3.06. The van der Waals surface area contributed by atoms with Gasteiger partial charge in [-0.2, -0.15) is 0 Å². The maximum absolute atomic E-state index is 5.60. The average Bonchev–Trinajstić information content (AvgIpc) is 2.09. The third kappa shape index (κ3) is 2.46. The van der Waals surface area contributed by atoms with Crippen LogP contribution in [0.5, 0.6) is 0 Å². The molecule has 1 atom stereocenters. The van der Waals surface area contributed by atoms with Crippen LogP contribution < -0.4 is 0 Å². The Labute approximate surface area is 68.9 Å². The first-order valence-electron chi connectivity index (χ1n) is 4.57. The minimum atomic E-state index is 0.360. The van der Waals surface area contributed by atoms with Gasteiger partial charge in [0.2, 0.25) is 0 Å². The summed E-state index contributed by atoms with van der Waals surface area (Å²) in [5, 5.41) is 0. The highest BCUT2D eigenvalue weighted by molar-refractivity contribution is 4.69. The molecule has 0 N–H and O–H groups in total. The molecule has 0 saturated carbocycles. The maximum Gasteiger partial charge on any atom is 0.0837 e. The van der Waals surface area contributed by atoms with Gasteiger partial charge in [-0.3, -0.25) is 0 Å². The molecule has 1 rings (SSSR count). The van der Waals surface area contributed by atoms with Crippen molar-refractivity contribution in [1.29, 1.82) is 0 Å². The zero-order valence-corrected chi connectivity index (χ0v) is 7.51. The van der Waals surface area contributed by atoms with Gasteiger partial charge in [-0.25, -0.2) is 0 Å². The third-order valence-electron chi connectivity index (χ3n) is 2.42. The summed E-state index contributed by atoms with van der Waals surface area (Å²) in [7, 11) is 0. The van der Waals surface area contributed by atoms with Gasteiger partial charge in [-0.05, 0) is 5.92 Å². The summed E-state index contributed by atoms with van der Waals surface area (Å²) in [5.41, 5.74) is 0. The molecule has 1 unspecified atom stereocenters. The second kappa shape index (κ2) is 4.73.